The normalized spacial score (nSPS) is 16.6. The van der Waals surface area contributed by atoms with Crippen LogP contribution in [0.5, 0.6) is 0 Å². The second kappa shape index (κ2) is 5.04. The Kier molecular flexibility index (Phi) is 3.24. The van der Waals surface area contributed by atoms with E-state index < -0.39 is 5.97 Å². The Morgan fingerprint density at radius 1 is 1.00 bits per heavy atom. The molecule has 2 aromatic rings. The number of carbonyl (C=O) groups is 1. The fourth-order valence-electron chi connectivity index (χ4n) is 3.31. The van der Waals surface area contributed by atoms with Crippen molar-refractivity contribution in [3.8, 4) is 0 Å². The Hall–Kier alpha value is -1.83. The van der Waals surface area contributed by atoms with E-state index in [4.69, 9.17) is 0 Å². The maximum Gasteiger partial charge on any atom is 0.335 e. The van der Waals surface area contributed by atoms with Crippen LogP contribution < -0.4 is 0 Å². The summed E-state index contributed by atoms with van der Waals surface area (Å²) in [7, 11) is 0. The largest absolute Gasteiger partial charge is 0.478 e. The molecule has 3 rings (SSSR count). The molecule has 2 heteroatoms. The fourth-order valence-corrected chi connectivity index (χ4v) is 3.31. The van der Waals surface area contributed by atoms with Gasteiger partial charge >= 0.3 is 5.97 Å². The van der Waals surface area contributed by atoms with Gasteiger partial charge in [0.2, 0.25) is 0 Å². The summed E-state index contributed by atoms with van der Waals surface area (Å²) in [5, 5.41) is 11.7. The highest BCUT2D eigenvalue weighted by molar-refractivity contribution is 5.98. The highest BCUT2D eigenvalue weighted by Gasteiger charge is 2.23. The second-order valence-corrected chi connectivity index (χ2v) is 5.39. The van der Waals surface area contributed by atoms with Crippen LogP contribution >= 0.6 is 0 Å². The Morgan fingerprint density at radius 2 is 1.74 bits per heavy atom. The van der Waals surface area contributed by atoms with E-state index in [9.17, 15) is 9.90 Å². The van der Waals surface area contributed by atoms with Gasteiger partial charge in [0, 0.05) is 0 Å². The van der Waals surface area contributed by atoms with Gasteiger partial charge in [-0.05, 0) is 41.2 Å². The number of rotatable bonds is 2. The summed E-state index contributed by atoms with van der Waals surface area (Å²) >= 11 is 0. The first kappa shape index (κ1) is 12.2. The first-order valence-corrected chi connectivity index (χ1v) is 7.02. The van der Waals surface area contributed by atoms with Crippen LogP contribution in [0.1, 0.15) is 53.9 Å². The average molecular weight is 254 g/mol. The Balaban J connectivity index is 2.21. The van der Waals surface area contributed by atoms with E-state index in [-0.39, 0.29) is 0 Å². The standard InChI is InChI=1S/C17H18O2/c18-17(19)15-11-10-12-6-4-5-9-14(12)16(15)13-7-2-1-3-8-13/h4-6,9-11,13H,1-3,7-8H2,(H,18,19). The van der Waals surface area contributed by atoms with Crippen LogP contribution in [0.25, 0.3) is 10.8 Å². The van der Waals surface area contributed by atoms with Crippen LogP contribution in [0.3, 0.4) is 0 Å². The van der Waals surface area contributed by atoms with Gasteiger partial charge in [0.15, 0.2) is 0 Å². The first-order valence-electron chi connectivity index (χ1n) is 7.02. The minimum Gasteiger partial charge on any atom is -0.478 e. The Labute approximate surface area is 113 Å². The number of hydrogen-bond donors (Lipinski definition) is 1. The van der Waals surface area contributed by atoms with Gasteiger partial charge in [0.1, 0.15) is 0 Å². The third kappa shape index (κ3) is 2.23. The van der Waals surface area contributed by atoms with E-state index in [1.54, 1.807) is 6.07 Å². The zero-order valence-electron chi connectivity index (χ0n) is 10.9. The summed E-state index contributed by atoms with van der Waals surface area (Å²) < 4.78 is 0. The molecule has 0 aliphatic heterocycles. The van der Waals surface area contributed by atoms with Crippen molar-refractivity contribution in [2.24, 2.45) is 0 Å². The minimum absolute atomic E-state index is 0.408. The lowest BCUT2D eigenvalue weighted by Gasteiger charge is -2.25. The molecular formula is C17H18O2. The van der Waals surface area contributed by atoms with E-state index in [0.29, 0.717) is 11.5 Å². The van der Waals surface area contributed by atoms with E-state index in [1.807, 2.05) is 18.2 Å². The van der Waals surface area contributed by atoms with Crippen molar-refractivity contribution in [1.29, 1.82) is 0 Å². The van der Waals surface area contributed by atoms with Gasteiger partial charge in [0.25, 0.3) is 0 Å². The third-order valence-corrected chi connectivity index (χ3v) is 4.21. The van der Waals surface area contributed by atoms with Crippen LogP contribution in [-0.4, -0.2) is 11.1 Å². The fraction of sp³-hybridized carbons (Fsp3) is 0.353. The molecule has 2 aromatic carbocycles. The van der Waals surface area contributed by atoms with E-state index in [2.05, 4.69) is 12.1 Å². The lowest BCUT2D eigenvalue weighted by atomic mass is 9.80. The molecule has 2 nitrogen and oxygen atoms in total. The molecule has 98 valence electrons. The molecule has 0 radical (unpaired) electrons. The molecule has 1 fully saturated rings. The van der Waals surface area contributed by atoms with Crippen LogP contribution in [-0.2, 0) is 0 Å². The van der Waals surface area contributed by atoms with Crippen molar-refractivity contribution in [1.82, 2.24) is 0 Å². The number of benzene rings is 2. The smallest absolute Gasteiger partial charge is 0.335 e. The number of carboxylic acids is 1. The summed E-state index contributed by atoms with van der Waals surface area (Å²) in [6.45, 7) is 0. The highest BCUT2D eigenvalue weighted by atomic mass is 16.4. The second-order valence-electron chi connectivity index (χ2n) is 5.39. The van der Waals surface area contributed by atoms with Gasteiger partial charge < -0.3 is 5.11 Å². The van der Waals surface area contributed by atoms with Gasteiger partial charge in [-0.15, -0.1) is 0 Å². The molecule has 0 bridgehead atoms. The predicted molar refractivity (Wildman–Crippen MR) is 76.7 cm³/mol. The van der Waals surface area contributed by atoms with Crippen molar-refractivity contribution < 1.29 is 9.90 Å². The zero-order chi connectivity index (χ0) is 13.2. The Morgan fingerprint density at radius 3 is 2.47 bits per heavy atom. The van der Waals surface area contributed by atoms with Gasteiger partial charge in [-0.2, -0.15) is 0 Å². The maximum atomic E-state index is 11.5. The average Bonchev–Trinajstić information content (AvgIpc) is 2.46. The van der Waals surface area contributed by atoms with Crippen LogP contribution in [0.4, 0.5) is 0 Å². The SMILES string of the molecule is O=C(O)c1ccc2ccccc2c1C1CCCCC1. The molecule has 0 spiro atoms. The summed E-state index contributed by atoms with van der Waals surface area (Å²) in [6.07, 6.45) is 5.95. The zero-order valence-corrected chi connectivity index (χ0v) is 10.9. The maximum absolute atomic E-state index is 11.5. The van der Waals surface area contributed by atoms with Gasteiger partial charge in [0.05, 0.1) is 5.56 Å². The molecule has 0 atom stereocenters. The van der Waals surface area contributed by atoms with E-state index in [0.717, 1.165) is 29.2 Å². The van der Waals surface area contributed by atoms with Gasteiger partial charge in [-0.25, -0.2) is 4.79 Å². The topological polar surface area (TPSA) is 37.3 Å². The molecule has 0 unspecified atom stereocenters. The quantitative estimate of drug-likeness (QED) is 0.851. The van der Waals surface area contributed by atoms with Crippen molar-refractivity contribution in [3.05, 3.63) is 47.5 Å². The van der Waals surface area contributed by atoms with Crippen molar-refractivity contribution in [2.45, 2.75) is 38.0 Å². The molecule has 0 saturated heterocycles. The van der Waals surface area contributed by atoms with E-state index in [1.165, 1.54) is 19.3 Å². The number of hydrogen-bond acceptors (Lipinski definition) is 1. The molecule has 1 aliphatic rings. The number of carboxylic acid groups (broad SMARTS) is 1. The van der Waals surface area contributed by atoms with E-state index >= 15 is 0 Å². The van der Waals surface area contributed by atoms with Gasteiger partial charge in [-0.1, -0.05) is 49.6 Å². The lowest BCUT2D eigenvalue weighted by Crippen LogP contribution is -2.11. The van der Waals surface area contributed by atoms with Crippen LogP contribution in [0, 0.1) is 0 Å². The number of fused-ring (bicyclic) bond motifs is 1. The Bertz CT molecular complexity index is 610. The molecule has 0 amide bonds. The number of aromatic carboxylic acids is 1. The monoisotopic (exact) mass is 254 g/mol. The summed E-state index contributed by atoms with van der Waals surface area (Å²) in [6, 6.07) is 11.8. The summed E-state index contributed by atoms with van der Waals surface area (Å²) in [4.78, 5) is 11.5. The van der Waals surface area contributed by atoms with Gasteiger partial charge in [-0.3, -0.25) is 0 Å². The minimum atomic E-state index is -0.800. The van der Waals surface area contributed by atoms with Crippen LogP contribution in [0.2, 0.25) is 0 Å². The van der Waals surface area contributed by atoms with Crippen molar-refractivity contribution in [2.75, 3.05) is 0 Å². The van der Waals surface area contributed by atoms with Crippen LogP contribution in [0.15, 0.2) is 36.4 Å². The molecule has 19 heavy (non-hydrogen) atoms. The molecular weight excluding hydrogens is 236 g/mol. The highest BCUT2D eigenvalue weighted by Crippen LogP contribution is 2.38. The van der Waals surface area contributed by atoms with Crippen molar-refractivity contribution in [3.63, 3.8) is 0 Å². The first-order chi connectivity index (χ1) is 9.27. The molecule has 0 aromatic heterocycles. The summed E-state index contributed by atoms with van der Waals surface area (Å²) in [5.74, 6) is -0.391. The van der Waals surface area contributed by atoms with Crippen molar-refractivity contribution >= 4 is 16.7 Å². The molecule has 0 heterocycles. The lowest BCUT2D eigenvalue weighted by molar-refractivity contribution is 0.0695. The molecule has 1 aliphatic carbocycles. The summed E-state index contributed by atoms with van der Waals surface area (Å²) in [5.41, 5.74) is 1.55. The molecule has 1 saturated carbocycles. The molecule has 1 N–H and O–H groups in total. The third-order valence-electron chi connectivity index (χ3n) is 4.21. The predicted octanol–water partition coefficient (Wildman–Crippen LogP) is 4.59.